The van der Waals surface area contributed by atoms with Crippen molar-refractivity contribution in [2.75, 3.05) is 19.0 Å². The number of thiophene rings is 1. The van der Waals surface area contributed by atoms with Crippen LogP contribution in [0.4, 0.5) is 9.39 Å². The van der Waals surface area contributed by atoms with Crippen LogP contribution in [0.3, 0.4) is 0 Å². The Bertz CT molecular complexity index is 1480. The summed E-state index contributed by atoms with van der Waals surface area (Å²) in [6.07, 6.45) is 5.02. The number of benzene rings is 2. The molecule has 0 saturated carbocycles. The van der Waals surface area contributed by atoms with E-state index in [2.05, 4.69) is 27.9 Å². The van der Waals surface area contributed by atoms with E-state index in [9.17, 15) is 19.2 Å². The molecule has 0 unspecified atom stereocenters. The minimum atomic E-state index is -0.629. The number of nitrogens with one attached hydrogen (secondary N) is 1. The van der Waals surface area contributed by atoms with Crippen LogP contribution >= 0.6 is 33.9 Å². The Balaban J connectivity index is 1.58. The molecule has 0 aliphatic heterocycles. The van der Waals surface area contributed by atoms with Gasteiger partial charge in [-0.05, 0) is 90.6 Å². The van der Waals surface area contributed by atoms with E-state index in [1.165, 1.54) is 30.6 Å². The highest BCUT2D eigenvalue weighted by Gasteiger charge is 2.28. The fraction of sp³-hybridized carbons (Fsp3) is 0.276. The van der Waals surface area contributed by atoms with Gasteiger partial charge >= 0.3 is 5.97 Å². The first-order valence-electron chi connectivity index (χ1n) is 12.3. The molecule has 10 heteroatoms. The zero-order chi connectivity index (χ0) is 27.9. The zero-order valence-corrected chi connectivity index (χ0v) is 24.4. The molecule has 0 saturated heterocycles. The molecule has 0 bridgehead atoms. The molecule has 2 aromatic carbocycles. The lowest BCUT2D eigenvalue weighted by Crippen LogP contribution is -2.16. The number of amides is 1. The third kappa shape index (κ3) is 6.59. The summed E-state index contributed by atoms with van der Waals surface area (Å²) >= 11 is 3.42. The number of carbonyl (C=O) groups excluding carboxylic acids is 2. The number of methoxy groups -OCH3 is 1. The predicted octanol–water partition coefficient (Wildman–Crippen LogP) is 6.68. The van der Waals surface area contributed by atoms with E-state index in [-0.39, 0.29) is 24.6 Å². The molecule has 0 spiro atoms. The Morgan fingerprint density at radius 2 is 2.00 bits per heavy atom. The Morgan fingerprint density at radius 1 is 1.23 bits per heavy atom. The highest BCUT2D eigenvalue weighted by atomic mass is 127. The topological polar surface area (TPSA) is 97.7 Å². The van der Waals surface area contributed by atoms with Crippen molar-refractivity contribution in [1.29, 1.82) is 5.26 Å². The average molecular weight is 661 g/mol. The van der Waals surface area contributed by atoms with Crippen LogP contribution in [-0.4, -0.2) is 25.6 Å². The normalized spacial score (nSPS) is 12.7. The number of halogens is 2. The molecule has 4 rings (SSSR count). The molecule has 1 aliphatic carbocycles. The number of rotatable bonds is 9. The molecule has 0 radical (unpaired) electrons. The van der Waals surface area contributed by atoms with E-state index < -0.39 is 11.9 Å². The summed E-state index contributed by atoms with van der Waals surface area (Å²) in [6, 6.07) is 11.7. The van der Waals surface area contributed by atoms with Crippen molar-refractivity contribution in [3.05, 3.63) is 78.5 Å². The maximum absolute atomic E-state index is 14.0. The first-order valence-corrected chi connectivity index (χ1v) is 14.2. The van der Waals surface area contributed by atoms with Gasteiger partial charge in [0.15, 0.2) is 11.5 Å². The van der Waals surface area contributed by atoms with Gasteiger partial charge in [0.1, 0.15) is 29.1 Å². The summed E-state index contributed by atoms with van der Waals surface area (Å²) in [5, 5.41) is 13.0. The second kappa shape index (κ2) is 13.1. The summed E-state index contributed by atoms with van der Waals surface area (Å²) in [4.78, 5) is 26.9. The summed E-state index contributed by atoms with van der Waals surface area (Å²) in [6.45, 7) is 1.96. The number of esters is 1. The van der Waals surface area contributed by atoms with Crippen molar-refractivity contribution < 1.29 is 28.2 Å². The number of nitrogens with zero attached hydrogens (tertiary/aromatic N) is 1. The quantitative estimate of drug-likeness (QED) is 0.119. The number of hydrogen-bond donors (Lipinski definition) is 1. The lowest BCUT2D eigenvalue weighted by atomic mass is 9.95. The van der Waals surface area contributed by atoms with Gasteiger partial charge in [-0.15, -0.1) is 11.3 Å². The van der Waals surface area contributed by atoms with Crippen molar-refractivity contribution in [3.8, 4) is 17.6 Å². The van der Waals surface area contributed by atoms with Crippen LogP contribution in [-0.2, 0) is 29.0 Å². The van der Waals surface area contributed by atoms with Gasteiger partial charge in [-0.3, -0.25) is 4.79 Å². The fourth-order valence-electron chi connectivity index (χ4n) is 4.29. The number of ether oxygens (including phenoxy) is 3. The largest absolute Gasteiger partial charge is 0.493 e. The van der Waals surface area contributed by atoms with Gasteiger partial charge < -0.3 is 19.5 Å². The van der Waals surface area contributed by atoms with E-state index in [1.54, 1.807) is 37.3 Å². The number of hydrogen-bond acceptors (Lipinski definition) is 7. The minimum absolute atomic E-state index is 0.00760. The molecule has 202 valence electrons. The number of aryl methyl sites for hydroxylation is 1. The predicted molar refractivity (Wildman–Crippen MR) is 156 cm³/mol. The van der Waals surface area contributed by atoms with Gasteiger partial charge in [-0.25, -0.2) is 9.18 Å². The van der Waals surface area contributed by atoms with Gasteiger partial charge in [0.25, 0.3) is 5.91 Å². The van der Waals surface area contributed by atoms with Gasteiger partial charge in [0.2, 0.25) is 0 Å². The molecule has 1 aromatic heterocycles. The maximum Gasteiger partial charge on any atom is 0.341 e. The molecule has 0 fully saturated rings. The third-order valence-corrected chi connectivity index (χ3v) is 8.14. The molecule has 1 amide bonds. The Kier molecular flexibility index (Phi) is 9.59. The van der Waals surface area contributed by atoms with Gasteiger partial charge in [0.05, 0.1) is 22.9 Å². The van der Waals surface area contributed by atoms with Crippen LogP contribution in [0, 0.1) is 20.7 Å². The zero-order valence-electron chi connectivity index (χ0n) is 21.4. The van der Waals surface area contributed by atoms with Crippen molar-refractivity contribution in [2.45, 2.75) is 39.2 Å². The van der Waals surface area contributed by atoms with Crippen molar-refractivity contribution in [2.24, 2.45) is 0 Å². The van der Waals surface area contributed by atoms with Crippen molar-refractivity contribution >= 4 is 56.9 Å². The summed E-state index contributed by atoms with van der Waals surface area (Å²) in [7, 11) is 1.47. The average Bonchev–Trinajstić information content (AvgIpc) is 3.29. The third-order valence-electron chi connectivity index (χ3n) is 6.14. The lowest BCUT2D eigenvalue weighted by molar-refractivity contribution is -0.112. The Hall–Kier alpha value is -3.43. The fourth-order valence-corrected chi connectivity index (χ4v) is 6.34. The molecule has 39 heavy (non-hydrogen) atoms. The first kappa shape index (κ1) is 28.6. The standard InChI is InChI=1S/C29H26FIN2O5S/c1-3-37-29(35)25-20-9-5-7-11-24(20)39-28(25)33-27(34)19(15-32)12-17-13-22(31)26(23(14-17)36-2)38-16-18-8-4-6-10-21(18)30/h4,6,8,10,12-14H,3,5,7,9,11,16H2,1-2H3,(H,33,34). The molecule has 1 N–H and O–H groups in total. The summed E-state index contributed by atoms with van der Waals surface area (Å²) in [5.41, 5.74) is 2.11. The van der Waals surface area contributed by atoms with Crippen LogP contribution in [0.15, 0.2) is 42.0 Å². The number of nitriles is 1. The van der Waals surface area contributed by atoms with Crippen LogP contribution in [0.25, 0.3) is 6.08 Å². The smallest absolute Gasteiger partial charge is 0.341 e. The van der Waals surface area contributed by atoms with E-state index in [0.717, 1.165) is 36.1 Å². The van der Waals surface area contributed by atoms with Crippen molar-refractivity contribution in [3.63, 3.8) is 0 Å². The van der Waals surface area contributed by atoms with E-state index in [1.807, 2.05) is 6.07 Å². The second-order valence-electron chi connectivity index (χ2n) is 8.67. The van der Waals surface area contributed by atoms with Crippen LogP contribution in [0.5, 0.6) is 11.5 Å². The SMILES string of the molecule is CCOC(=O)c1c(NC(=O)C(C#N)=Cc2cc(I)c(OCc3ccccc3F)c(OC)c2)sc2c1CCCC2. The highest BCUT2D eigenvalue weighted by Crippen LogP contribution is 2.39. The van der Waals surface area contributed by atoms with E-state index in [0.29, 0.717) is 36.8 Å². The molecule has 3 aromatic rings. The second-order valence-corrected chi connectivity index (χ2v) is 10.9. The van der Waals surface area contributed by atoms with Crippen LogP contribution < -0.4 is 14.8 Å². The number of fused-ring (bicyclic) bond motifs is 1. The summed E-state index contributed by atoms with van der Waals surface area (Å²) < 4.78 is 31.3. The number of carbonyl (C=O) groups is 2. The first-order chi connectivity index (χ1) is 18.9. The lowest BCUT2D eigenvalue weighted by Gasteiger charge is -2.14. The van der Waals surface area contributed by atoms with Gasteiger partial charge in [-0.2, -0.15) is 5.26 Å². The van der Waals surface area contributed by atoms with Gasteiger partial charge in [-0.1, -0.05) is 18.2 Å². The van der Waals surface area contributed by atoms with E-state index in [4.69, 9.17) is 14.2 Å². The molecule has 1 heterocycles. The Labute approximate surface area is 243 Å². The van der Waals surface area contributed by atoms with Crippen LogP contribution in [0.1, 0.15) is 51.7 Å². The van der Waals surface area contributed by atoms with Crippen molar-refractivity contribution in [1.82, 2.24) is 0 Å². The molecular formula is C29H26FIN2O5S. The minimum Gasteiger partial charge on any atom is -0.493 e. The monoisotopic (exact) mass is 660 g/mol. The van der Waals surface area contributed by atoms with E-state index >= 15 is 0 Å². The van der Waals surface area contributed by atoms with Crippen LogP contribution in [0.2, 0.25) is 0 Å². The maximum atomic E-state index is 14.0. The summed E-state index contributed by atoms with van der Waals surface area (Å²) in [5.74, 6) is -0.675. The molecular weight excluding hydrogens is 634 g/mol. The molecule has 7 nitrogen and oxygen atoms in total. The molecule has 1 aliphatic rings. The molecule has 0 atom stereocenters. The highest BCUT2D eigenvalue weighted by molar-refractivity contribution is 14.1. The van der Waals surface area contributed by atoms with Gasteiger partial charge in [0, 0.05) is 10.4 Å². The number of anilines is 1. The Morgan fingerprint density at radius 3 is 2.72 bits per heavy atom.